The summed E-state index contributed by atoms with van der Waals surface area (Å²) in [5, 5.41) is 3.55. The van der Waals surface area contributed by atoms with Crippen LogP contribution >= 0.6 is 0 Å². The molecule has 2 nitrogen and oxygen atoms in total. The lowest BCUT2D eigenvalue weighted by molar-refractivity contribution is -0.132. The molecule has 0 aliphatic heterocycles. The number of hydrogen-bond acceptors (Lipinski definition) is 2. The molecule has 0 aromatic carbocycles. The van der Waals surface area contributed by atoms with E-state index in [9.17, 15) is 0 Å². The molecule has 2 heteroatoms. The minimum atomic E-state index is 0.138. The topological polar surface area (TPSA) is 21.3 Å². The molecule has 0 bridgehead atoms. The molecular formula is C17H33NO. The number of ether oxygens (including phenoxy) is 1. The van der Waals surface area contributed by atoms with Crippen LogP contribution < -0.4 is 5.32 Å². The summed E-state index contributed by atoms with van der Waals surface area (Å²) < 4.78 is 6.68. The van der Waals surface area contributed by atoms with Crippen LogP contribution in [0.1, 0.15) is 72.1 Å². The third-order valence-corrected chi connectivity index (χ3v) is 5.13. The Morgan fingerprint density at radius 2 is 1.79 bits per heavy atom. The van der Waals surface area contributed by atoms with E-state index in [2.05, 4.69) is 26.1 Å². The summed E-state index contributed by atoms with van der Waals surface area (Å²) in [6, 6.07) is 0. The van der Waals surface area contributed by atoms with Crippen molar-refractivity contribution < 1.29 is 4.74 Å². The van der Waals surface area contributed by atoms with Crippen molar-refractivity contribution in [1.82, 2.24) is 5.32 Å². The zero-order chi connectivity index (χ0) is 13.7. The van der Waals surface area contributed by atoms with E-state index in [1.54, 1.807) is 0 Å². The fourth-order valence-corrected chi connectivity index (χ4v) is 3.97. The van der Waals surface area contributed by atoms with Crippen molar-refractivity contribution in [1.29, 1.82) is 0 Å². The van der Waals surface area contributed by atoms with Gasteiger partial charge in [0.05, 0.1) is 11.7 Å². The zero-order valence-corrected chi connectivity index (χ0v) is 13.2. The molecule has 112 valence electrons. The molecule has 0 heterocycles. The number of hydrogen-bond donors (Lipinski definition) is 1. The highest BCUT2D eigenvalue weighted by molar-refractivity contribution is 4.90. The van der Waals surface area contributed by atoms with Crippen LogP contribution in [0.2, 0.25) is 0 Å². The Labute approximate surface area is 119 Å². The molecule has 2 fully saturated rings. The van der Waals surface area contributed by atoms with Gasteiger partial charge in [-0.05, 0) is 56.9 Å². The predicted molar refractivity (Wildman–Crippen MR) is 81.4 cm³/mol. The summed E-state index contributed by atoms with van der Waals surface area (Å²) in [5.74, 6) is 1.74. The lowest BCUT2D eigenvalue weighted by Gasteiger charge is -2.44. The zero-order valence-electron chi connectivity index (χ0n) is 13.2. The van der Waals surface area contributed by atoms with E-state index in [0.717, 1.165) is 24.9 Å². The Hall–Kier alpha value is -0.0800. The molecule has 2 aliphatic rings. The molecule has 0 amide bonds. The van der Waals surface area contributed by atoms with Gasteiger partial charge in [-0.2, -0.15) is 0 Å². The second kappa shape index (κ2) is 7.08. The van der Waals surface area contributed by atoms with Gasteiger partial charge in [0, 0.05) is 6.54 Å². The van der Waals surface area contributed by atoms with Crippen LogP contribution in [0.4, 0.5) is 0 Å². The van der Waals surface area contributed by atoms with E-state index in [1.807, 2.05) is 0 Å². The van der Waals surface area contributed by atoms with E-state index in [4.69, 9.17) is 4.74 Å². The highest BCUT2D eigenvalue weighted by Crippen LogP contribution is 2.38. The molecule has 0 aromatic heterocycles. The van der Waals surface area contributed by atoms with Crippen molar-refractivity contribution in [3.8, 4) is 0 Å². The first kappa shape index (κ1) is 15.3. The van der Waals surface area contributed by atoms with E-state index < -0.39 is 0 Å². The molecular weight excluding hydrogens is 234 g/mol. The SMILES string of the molecule is CCNCC1(OC2CCC(C)CC2)CCCC(C)C1. The standard InChI is InChI=1S/C17H33NO/c1-4-18-13-17(11-5-6-15(3)12-17)19-16-9-7-14(2)8-10-16/h14-16,18H,4-13H2,1-3H3. The third-order valence-electron chi connectivity index (χ3n) is 5.13. The Kier molecular flexibility index (Phi) is 5.70. The second-order valence-corrected chi connectivity index (χ2v) is 7.16. The Morgan fingerprint density at radius 1 is 1.05 bits per heavy atom. The molecule has 2 rings (SSSR count). The highest BCUT2D eigenvalue weighted by atomic mass is 16.5. The molecule has 0 spiro atoms. The van der Waals surface area contributed by atoms with Crippen LogP contribution in [0.15, 0.2) is 0 Å². The average Bonchev–Trinajstić information content (AvgIpc) is 2.39. The first-order chi connectivity index (χ1) is 9.13. The minimum Gasteiger partial charge on any atom is -0.370 e. The Morgan fingerprint density at radius 3 is 2.42 bits per heavy atom. The van der Waals surface area contributed by atoms with Crippen molar-refractivity contribution in [3.05, 3.63) is 0 Å². The van der Waals surface area contributed by atoms with Gasteiger partial charge >= 0.3 is 0 Å². The Bertz CT molecular complexity index is 260. The van der Waals surface area contributed by atoms with E-state index in [-0.39, 0.29) is 5.60 Å². The summed E-state index contributed by atoms with van der Waals surface area (Å²) in [6.45, 7) is 9.09. The quantitative estimate of drug-likeness (QED) is 0.808. The smallest absolute Gasteiger partial charge is 0.0812 e. The van der Waals surface area contributed by atoms with Gasteiger partial charge in [0.1, 0.15) is 0 Å². The molecule has 2 aliphatic carbocycles. The van der Waals surface area contributed by atoms with Gasteiger partial charge in [0.2, 0.25) is 0 Å². The highest BCUT2D eigenvalue weighted by Gasteiger charge is 2.38. The van der Waals surface area contributed by atoms with Crippen LogP contribution in [0, 0.1) is 11.8 Å². The summed E-state index contributed by atoms with van der Waals surface area (Å²) in [5.41, 5.74) is 0.138. The van der Waals surface area contributed by atoms with Gasteiger partial charge in [-0.15, -0.1) is 0 Å². The van der Waals surface area contributed by atoms with Crippen molar-refractivity contribution in [2.45, 2.75) is 83.8 Å². The molecule has 0 radical (unpaired) electrons. The fourth-order valence-electron chi connectivity index (χ4n) is 3.97. The normalized spacial score (nSPS) is 40.3. The number of nitrogens with one attached hydrogen (secondary N) is 1. The van der Waals surface area contributed by atoms with Gasteiger partial charge < -0.3 is 10.1 Å². The maximum Gasteiger partial charge on any atom is 0.0812 e. The molecule has 1 N–H and O–H groups in total. The van der Waals surface area contributed by atoms with E-state index in [1.165, 1.54) is 51.4 Å². The van der Waals surface area contributed by atoms with Gasteiger partial charge in [0.25, 0.3) is 0 Å². The van der Waals surface area contributed by atoms with Gasteiger partial charge in [-0.1, -0.05) is 33.6 Å². The second-order valence-electron chi connectivity index (χ2n) is 7.16. The van der Waals surface area contributed by atoms with Crippen molar-refractivity contribution in [2.24, 2.45) is 11.8 Å². The molecule has 2 saturated carbocycles. The van der Waals surface area contributed by atoms with Gasteiger partial charge in [0.15, 0.2) is 0 Å². The Balaban J connectivity index is 1.92. The molecule has 2 atom stereocenters. The van der Waals surface area contributed by atoms with Crippen LogP contribution in [0.25, 0.3) is 0 Å². The van der Waals surface area contributed by atoms with E-state index >= 15 is 0 Å². The summed E-state index contributed by atoms with van der Waals surface area (Å²) in [4.78, 5) is 0. The lowest BCUT2D eigenvalue weighted by Crippen LogP contribution is -2.49. The largest absolute Gasteiger partial charge is 0.370 e. The summed E-state index contributed by atoms with van der Waals surface area (Å²) in [6.07, 6.45) is 11.1. The average molecular weight is 267 g/mol. The van der Waals surface area contributed by atoms with Crippen molar-refractivity contribution in [3.63, 3.8) is 0 Å². The number of likely N-dealkylation sites (N-methyl/N-ethyl adjacent to an activating group) is 1. The maximum absolute atomic E-state index is 6.68. The predicted octanol–water partition coefficient (Wildman–Crippen LogP) is 4.14. The van der Waals surface area contributed by atoms with Gasteiger partial charge in [-0.3, -0.25) is 0 Å². The first-order valence-electron chi connectivity index (χ1n) is 8.52. The van der Waals surface area contributed by atoms with Crippen molar-refractivity contribution in [2.75, 3.05) is 13.1 Å². The summed E-state index contributed by atoms with van der Waals surface area (Å²) in [7, 11) is 0. The van der Waals surface area contributed by atoms with E-state index in [0.29, 0.717) is 6.10 Å². The van der Waals surface area contributed by atoms with Crippen LogP contribution in [0.3, 0.4) is 0 Å². The van der Waals surface area contributed by atoms with Crippen LogP contribution in [0.5, 0.6) is 0 Å². The molecule has 0 saturated heterocycles. The minimum absolute atomic E-state index is 0.138. The van der Waals surface area contributed by atoms with Gasteiger partial charge in [-0.25, -0.2) is 0 Å². The van der Waals surface area contributed by atoms with Crippen LogP contribution in [-0.4, -0.2) is 24.8 Å². The summed E-state index contributed by atoms with van der Waals surface area (Å²) >= 11 is 0. The third kappa shape index (κ3) is 4.46. The monoisotopic (exact) mass is 267 g/mol. The molecule has 0 aromatic rings. The number of rotatable bonds is 5. The lowest BCUT2D eigenvalue weighted by atomic mass is 9.78. The van der Waals surface area contributed by atoms with Crippen LogP contribution in [-0.2, 0) is 4.74 Å². The molecule has 2 unspecified atom stereocenters. The van der Waals surface area contributed by atoms with Crippen molar-refractivity contribution >= 4 is 0 Å². The molecule has 19 heavy (non-hydrogen) atoms. The first-order valence-corrected chi connectivity index (χ1v) is 8.52. The maximum atomic E-state index is 6.68. The fraction of sp³-hybridized carbons (Fsp3) is 1.00.